The van der Waals surface area contributed by atoms with E-state index in [0.29, 0.717) is 6.07 Å². The molecule has 0 unspecified atom stereocenters. The molecule has 1 heterocycles. The van der Waals surface area contributed by atoms with Gasteiger partial charge < -0.3 is 5.11 Å². The third kappa shape index (κ3) is 2.59. The molecule has 0 aliphatic heterocycles. The molecule has 1 N–H and O–H groups in total. The van der Waals surface area contributed by atoms with Crippen LogP contribution in [0.3, 0.4) is 0 Å². The minimum absolute atomic E-state index is 0.340. The highest BCUT2D eigenvalue weighted by Crippen LogP contribution is 2.40. The number of nitrogens with zero attached hydrogens (tertiary/aromatic N) is 1. The van der Waals surface area contributed by atoms with E-state index in [-0.39, 0.29) is 5.69 Å². The van der Waals surface area contributed by atoms with E-state index < -0.39 is 35.5 Å². The van der Waals surface area contributed by atoms with Crippen molar-refractivity contribution in [1.82, 2.24) is 4.98 Å². The summed E-state index contributed by atoms with van der Waals surface area (Å²) in [5.74, 6) is 0. The molecule has 16 heavy (non-hydrogen) atoms. The number of aromatic nitrogens is 1. The molecule has 90 valence electrons. The smallest absolute Gasteiger partial charge is 0.390 e. The lowest BCUT2D eigenvalue weighted by molar-refractivity contribution is -0.139. The molecule has 0 fully saturated rings. The highest BCUT2D eigenvalue weighted by molar-refractivity contribution is 6.30. The third-order valence-corrected chi connectivity index (χ3v) is 2.01. The van der Waals surface area contributed by atoms with Crippen molar-refractivity contribution in [2.75, 3.05) is 0 Å². The van der Waals surface area contributed by atoms with Gasteiger partial charge in [-0.3, -0.25) is 0 Å². The second-order valence-electron chi connectivity index (χ2n) is 2.83. The maximum absolute atomic E-state index is 12.4. The van der Waals surface area contributed by atoms with E-state index in [0.717, 1.165) is 0 Å². The number of aliphatic hydroxyl groups is 1. The monoisotopic (exact) mass is 261 g/mol. The summed E-state index contributed by atoms with van der Waals surface area (Å²) in [6.45, 7) is -0.766. The molecule has 0 aliphatic rings. The number of aliphatic hydroxyl groups excluding tert-OH is 1. The van der Waals surface area contributed by atoms with Crippen LogP contribution in [0.4, 0.5) is 22.0 Å². The molecule has 1 rings (SSSR count). The van der Waals surface area contributed by atoms with E-state index in [1.165, 1.54) is 0 Å². The number of rotatable bonds is 2. The molecule has 0 saturated heterocycles. The summed E-state index contributed by atoms with van der Waals surface area (Å²) in [7, 11) is 0. The van der Waals surface area contributed by atoms with Gasteiger partial charge in [0, 0.05) is 5.56 Å². The van der Waals surface area contributed by atoms with Crippen LogP contribution >= 0.6 is 11.6 Å². The molecule has 0 aliphatic carbocycles. The normalized spacial score (nSPS) is 12.2. The Kier molecular flexibility index (Phi) is 3.69. The Balaban J connectivity index is 3.46. The Morgan fingerprint density at radius 2 is 1.94 bits per heavy atom. The molecule has 0 radical (unpaired) electrons. The molecule has 1 aromatic rings. The molecule has 0 atom stereocenters. The van der Waals surface area contributed by atoms with Gasteiger partial charge in [0.1, 0.15) is 10.7 Å². The van der Waals surface area contributed by atoms with Crippen LogP contribution in [0, 0.1) is 0 Å². The van der Waals surface area contributed by atoms with E-state index in [9.17, 15) is 22.0 Å². The first-order valence-corrected chi connectivity index (χ1v) is 4.30. The molecule has 1 aromatic heterocycles. The Labute approximate surface area is 91.7 Å². The molecule has 0 spiro atoms. The van der Waals surface area contributed by atoms with Crippen LogP contribution in [0.15, 0.2) is 6.07 Å². The largest absolute Gasteiger partial charge is 0.419 e. The van der Waals surface area contributed by atoms with Gasteiger partial charge in [0.15, 0.2) is 0 Å². The standard InChI is InChI=1S/C8H5ClF5NO/c9-6-5(8(12,13)14)4(7(10)11)1-3(2-16)15-6/h1,7,16H,2H2. The van der Waals surface area contributed by atoms with E-state index >= 15 is 0 Å². The predicted octanol–water partition coefficient (Wildman–Crippen LogP) is 3.18. The summed E-state index contributed by atoms with van der Waals surface area (Å²) in [5.41, 5.74) is -3.29. The summed E-state index contributed by atoms with van der Waals surface area (Å²) >= 11 is 5.17. The molecule has 0 amide bonds. The van der Waals surface area contributed by atoms with Crippen molar-refractivity contribution in [3.8, 4) is 0 Å². The Hall–Kier alpha value is -0.950. The van der Waals surface area contributed by atoms with Gasteiger partial charge in [0.25, 0.3) is 6.43 Å². The van der Waals surface area contributed by atoms with Crippen LogP contribution in [0.5, 0.6) is 0 Å². The Morgan fingerprint density at radius 1 is 1.38 bits per heavy atom. The molecule has 0 saturated carbocycles. The number of hydrogen-bond acceptors (Lipinski definition) is 2. The van der Waals surface area contributed by atoms with Crippen molar-refractivity contribution in [3.05, 3.63) is 28.0 Å². The number of alkyl halides is 5. The van der Waals surface area contributed by atoms with Gasteiger partial charge in [-0.25, -0.2) is 13.8 Å². The number of pyridine rings is 1. The fourth-order valence-electron chi connectivity index (χ4n) is 1.12. The fraction of sp³-hybridized carbons (Fsp3) is 0.375. The minimum atomic E-state index is -5.01. The van der Waals surface area contributed by atoms with Crippen LogP contribution in [-0.2, 0) is 12.8 Å². The maximum atomic E-state index is 12.4. The van der Waals surface area contributed by atoms with E-state index in [2.05, 4.69) is 4.98 Å². The highest BCUT2D eigenvalue weighted by Gasteiger charge is 2.39. The van der Waals surface area contributed by atoms with Crippen LogP contribution in [-0.4, -0.2) is 10.1 Å². The second-order valence-corrected chi connectivity index (χ2v) is 3.18. The second kappa shape index (κ2) is 4.50. The summed E-state index contributed by atoms with van der Waals surface area (Å²) < 4.78 is 61.9. The first-order valence-electron chi connectivity index (χ1n) is 3.93. The van der Waals surface area contributed by atoms with Crippen molar-refractivity contribution in [3.63, 3.8) is 0 Å². The van der Waals surface area contributed by atoms with Crippen molar-refractivity contribution >= 4 is 11.6 Å². The van der Waals surface area contributed by atoms with Crippen LogP contribution < -0.4 is 0 Å². The predicted molar refractivity (Wildman–Crippen MR) is 45.1 cm³/mol. The van der Waals surface area contributed by atoms with Gasteiger partial charge in [-0.2, -0.15) is 13.2 Å². The third-order valence-electron chi connectivity index (χ3n) is 1.74. The molecule has 0 aromatic carbocycles. The molecular weight excluding hydrogens is 257 g/mol. The van der Waals surface area contributed by atoms with Crippen LogP contribution in [0.2, 0.25) is 5.15 Å². The molecule has 2 nitrogen and oxygen atoms in total. The number of halogens is 6. The SMILES string of the molecule is OCc1cc(C(F)F)c(C(F)(F)F)c(Cl)n1. The molecule has 8 heteroatoms. The van der Waals surface area contributed by atoms with E-state index in [1.807, 2.05) is 0 Å². The van der Waals surface area contributed by atoms with E-state index in [4.69, 9.17) is 16.7 Å². The van der Waals surface area contributed by atoms with E-state index in [1.54, 1.807) is 0 Å². The molecular formula is C8H5ClF5NO. The fourth-order valence-corrected chi connectivity index (χ4v) is 1.44. The maximum Gasteiger partial charge on any atom is 0.419 e. The molecule has 0 bridgehead atoms. The summed E-state index contributed by atoms with van der Waals surface area (Å²) in [6.07, 6.45) is -8.36. The minimum Gasteiger partial charge on any atom is -0.390 e. The lowest BCUT2D eigenvalue weighted by Crippen LogP contribution is -2.13. The summed E-state index contributed by atoms with van der Waals surface area (Å²) in [4.78, 5) is 3.16. The van der Waals surface area contributed by atoms with Crippen molar-refractivity contribution in [1.29, 1.82) is 0 Å². The average Bonchev–Trinajstić information content (AvgIpc) is 2.14. The van der Waals surface area contributed by atoms with Crippen molar-refractivity contribution in [2.24, 2.45) is 0 Å². The van der Waals surface area contributed by atoms with Gasteiger partial charge >= 0.3 is 6.18 Å². The van der Waals surface area contributed by atoms with Gasteiger partial charge in [0.2, 0.25) is 0 Å². The van der Waals surface area contributed by atoms with Gasteiger partial charge in [-0.15, -0.1) is 0 Å². The zero-order chi connectivity index (χ0) is 12.5. The zero-order valence-corrected chi connectivity index (χ0v) is 8.28. The zero-order valence-electron chi connectivity index (χ0n) is 7.52. The van der Waals surface area contributed by atoms with Crippen LogP contribution in [0.1, 0.15) is 23.2 Å². The van der Waals surface area contributed by atoms with Crippen LogP contribution in [0.25, 0.3) is 0 Å². The summed E-state index contributed by atoms with van der Waals surface area (Å²) in [6, 6.07) is 0.485. The lowest BCUT2D eigenvalue weighted by Gasteiger charge is -2.14. The van der Waals surface area contributed by atoms with Gasteiger partial charge in [0.05, 0.1) is 12.3 Å². The lowest BCUT2D eigenvalue weighted by atomic mass is 10.1. The number of hydrogen-bond donors (Lipinski definition) is 1. The van der Waals surface area contributed by atoms with Crippen molar-refractivity contribution in [2.45, 2.75) is 19.2 Å². The Bertz CT molecular complexity index is 393. The highest BCUT2D eigenvalue weighted by atomic mass is 35.5. The van der Waals surface area contributed by atoms with Gasteiger partial charge in [-0.05, 0) is 6.07 Å². The first kappa shape index (κ1) is 13.1. The van der Waals surface area contributed by atoms with Crippen molar-refractivity contribution < 1.29 is 27.1 Å². The topological polar surface area (TPSA) is 33.1 Å². The summed E-state index contributed by atoms with van der Waals surface area (Å²) in [5, 5.41) is 7.53. The first-order chi connectivity index (χ1) is 7.27. The van der Waals surface area contributed by atoms with Gasteiger partial charge in [-0.1, -0.05) is 11.6 Å². The average molecular weight is 262 g/mol. The quantitative estimate of drug-likeness (QED) is 0.655. The Morgan fingerprint density at radius 3 is 2.31 bits per heavy atom.